The Kier molecular flexibility index (Phi) is 8.02. The fourth-order valence-corrected chi connectivity index (χ4v) is 3.61. The van der Waals surface area contributed by atoms with E-state index >= 15 is 0 Å². The van der Waals surface area contributed by atoms with Crippen LogP contribution in [0.5, 0.6) is 5.75 Å². The average Bonchev–Trinajstić information content (AvgIpc) is 3.13. The second kappa shape index (κ2) is 11.1. The largest absolute Gasteiger partial charge is 0.497 e. The molecule has 3 rings (SSSR count). The maximum absolute atomic E-state index is 12.6. The Labute approximate surface area is 193 Å². The quantitative estimate of drug-likeness (QED) is 0.379. The molecule has 0 fully saturated rings. The highest BCUT2D eigenvalue weighted by Gasteiger charge is 2.18. The van der Waals surface area contributed by atoms with Gasteiger partial charge in [-0.2, -0.15) is 0 Å². The lowest BCUT2D eigenvalue weighted by Crippen LogP contribution is -2.31. The molecule has 0 spiro atoms. The molecule has 0 bridgehead atoms. The average molecular weight is 449 g/mol. The number of methoxy groups -OCH3 is 1. The molecule has 0 radical (unpaired) electrons. The first-order valence-electron chi connectivity index (χ1n) is 10.7. The number of nitrogens with zero attached hydrogens (tertiary/aromatic N) is 1. The second-order valence-electron chi connectivity index (χ2n) is 7.67. The molecule has 0 unspecified atom stereocenters. The van der Waals surface area contributed by atoms with Gasteiger partial charge >= 0.3 is 5.97 Å². The third-order valence-electron chi connectivity index (χ3n) is 5.43. The predicted molar refractivity (Wildman–Crippen MR) is 125 cm³/mol. The first kappa shape index (κ1) is 23.8. The Balaban J connectivity index is 1.50. The lowest BCUT2D eigenvalue weighted by molar-refractivity contribution is -0.141. The molecule has 0 saturated heterocycles. The Bertz CT molecular complexity index is 1130. The van der Waals surface area contributed by atoms with Crippen molar-refractivity contribution in [2.75, 3.05) is 20.3 Å². The molecule has 0 aliphatic heterocycles. The van der Waals surface area contributed by atoms with Crippen LogP contribution in [-0.2, 0) is 22.5 Å². The third kappa shape index (κ3) is 6.32. The molecule has 33 heavy (non-hydrogen) atoms. The molecule has 2 aromatic carbocycles. The van der Waals surface area contributed by atoms with Gasteiger partial charge in [-0.05, 0) is 50.1 Å². The number of hydrogen-bond donors (Lipinski definition) is 1. The van der Waals surface area contributed by atoms with Crippen molar-refractivity contribution in [3.8, 4) is 5.75 Å². The van der Waals surface area contributed by atoms with E-state index in [2.05, 4.69) is 22.0 Å². The summed E-state index contributed by atoms with van der Waals surface area (Å²) in [5, 5.41) is 2.49. The van der Waals surface area contributed by atoms with Crippen molar-refractivity contribution in [2.45, 2.75) is 26.8 Å². The molecule has 0 atom stereocenters. The number of aromatic nitrogens is 1. The maximum atomic E-state index is 12.6. The van der Waals surface area contributed by atoms with E-state index in [1.165, 1.54) is 12.7 Å². The van der Waals surface area contributed by atoms with Crippen LogP contribution in [0, 0.1) is 13.8 Å². The van der Waals surface area contributed by atoms with Gasteiger partial charge in [0.25, 0.3) is 5.91 Å². The van der Waals surface area contributed by atoms with Crippen LogP contribution in [0.3, 0.4) is 0 Å². The molecular formula is C26H28N2O5. The number of carbonyl (C=O) groups excluding carboxylic acids is 3. The number of carbonyl (C=O) groups is 3. The number of Topliss-reactive ketones (excluding diaryl/α,β-unsaturated/α-hetero) is 1. The molecule has 0 aliphatic rings. The molecule has 1 aromatic heterocycles. The van der Waals surface area contributed by atoms with E-state index in [0.717, 1.165) is 24.4 Å². The molecule has 172 valence electrons. The summed E-state index contributed by atoms with van der Waals surface area (Å²) in [6, 6.07) is 18.5. The molecule has 0 saturated carbocycles. The Morgan fingerprint density at radius 2 is 1.73 bits per heavy atom. The van der Waals surface area contributed by atoms with Gasteiger partial charge in [-0.25, -0.2) is 0 Å². The molecule has 7 nitrogen and oxygen atoms in total. The first-order valence-corrected chi connectivity index (χ1v) is 10.7. The lowest BCUT2D eigenvalue weighted by Gasteiger charge is -2.10. The summed E-state index contributed by atoms with van der Waals surface area (Å²) >= 11 is 0. The van der Waals surface area contributed by atoms with Gasteiger partial charge in [0, 0.05) is 29.1 Å². The predicted octanol–water partition coefficient (Wildman–Crippen LogP) is 3.51. The summed E-state index contributed by atoms with van der Waals surface area (Å²) in [5.74, 6) is -0.852. The molecular weight excluding hydrogens is 420 g/mol. The summed E-state index contributed by atoms with van der Waals surface area (Å²) in [4.78, 5) is 36.9. The summed E-state index contributed by atoms with van der Waals surface area (Å²) in [6.45, 7) is 3.89. The van der Waals surface area contributed by atoms with Crippen LogP contribution in [0.1, 0.15) is 37.7 Å². The summed E-state index contributed by atoms with van der Waals surface area (Å²) < 4.78 is 12.3. The normalized spacial score (nSPS) is 10.5. The van der Waals surface area contributed by atoms with Crippen molar-refractivity contribution in [3.63, 3.8) is 0 Å². The van der Waals surface area contributed by atoms with Gasteiger partial charge < -0.3 is 19.4 Å². The highest BCUT2D eigenvalue weighted by Crippen LogP contribution is 2.17. The van der Waals surface area contributed by atoms with E-state index in [0.29, 0.717) is 16.9 Å². The standard InChI is InChI=1S/C26H28N2O5/c1-18-14-23(19(2)28(18)13-12-20-8-5-4-6-9-20)24(29)17-33-25(30)16-27-26(31)21-10-7-11-22(15-21)32-3/h4-11,14-15H,12-13,16-17H2,1-3H3,(H,27,31). The summed E-state index contributed by atoms with van der Waals surface area (Å²) in [6.07, 6.45) is 0.854. The van der Waals surface area contributed by atoms with E-state index in [4.69, 9.17) is 9.47 Å². The van der Waals surface area contributed by atoms with Crippen molar-refractivity contribution in [1.29, 1.82) is 0 Å². The molecule has 0 aliphatic carbocycles. The van der Waals surface area contributed by atoms with Crippen LogP contribution in [0.15, 0.2) is 60.7 Å². The number of aryl methyl sites for hydroxylation is 2. The number of esters is 1. The second-order valence-corrected chi connectivity index (χ2v) is 7.67. The van der Waals surface area contributed by atoms with Gasteiger partial charge in [0.2, 0.25) is 5.78 Å². The zero-order valence-electron chi connectivity index (χ0n) is 19.1. The van der Waals surface area contributed by atoms with Gasteiger partial charge in [-0.1, -0.05) is 36.4 Å². The van der Waals surface area contributed by atoms with E-state index in [-0.39, 0.29) is 18.9 Å². The van der Waals surface area contributed by atoms with E-state index < -0.39 is 11.9 Å². The van der Waals surface area contributed by atoms with E-state index in [9.17, 15) is 14.4 Å². The molecule has 7 heteroatoms. The van der Waals surface area contributed by atoms with Gasteiger partial charge in [-0.15, -0.1) is 0 Å². The van der Waals surface area contributed by atoms with Crippen molar-refractivity contribution < 1.29 is 23.9 Å². The van der Waals surface area contributed by atoms with Crippen LogP contribution in [0.25, 0.3) is 0 Å². The fourth-order valence-electron chi connectivity index (χ4n) is 3.61. The maximum Gasteiger partial charge on any atom is 0.325 e. The Hall–Kier alpha value is -3.87. The van der Waals surface area contributed by atoms with Gasteiger partial charge in [0.05, 0.1) is 7.11 Å². The minimum atomic E-state index is -0.683. The van der Waals surface area contributed by atoms with Gasteiger partial charge in [0.15, 0.2) is 6.61 Å². The highest BCUT2D eigenvalue weighted by molar-refractivity contribution is 6.00. The molecule has 3 aromatic rings. The van der Waals surface area contributed by atoms with Crippen LogP contribution in [0.2, 0.25) is 0 Å². The smallest absolute Gasteiger partial charge is 0.325 e. The monoisotopic (exact) mass is 448 g/mol. The number of amides is 1. The highest BCUT2D eigenvalue weighted by atomic mass is 16.5. The Morgan fingerprint density at radius 3 is 2.45 bits per heavy atom. The molecule has 1 heterocycles. The number of ether oxygens (including phenoxy) is 2. The van der Waals surface area contributed by atoms with Crippen molar-refractivity contribution in [3.05, 3.63) is 88.7 Å². The number of benzene rings is 2. The fraction of sp³-hybridized carbons (Fsp3) is 0.269. The van der Waals surface area contributed by atoms with Crippen LogP contribution in [-0.4, -0.2) is 42.5 Å². The van der Waals surface area contributed by atoms with Gasteiger partial charge in [-0.3, -0.25) is 14.4 Å². The van der Waals surface area contributed by atoms with Crippen LogP contribution >= 0.6 is 0 Å². The van der Waals surface area contributed by atoms with Gasteiger partial charge in [0.1, 0.15) is 12.3 Å². The van der Waals surface area contributed by atoms with Crippen LogP contribution < -0.4 is 10.1 Å². The van der Waals surface area contributed by atoms with Crippen molar-refractivity contribution >= 4 is 17.7 Å². The van der Waals surface area contributed by atoms with E-state index in [1.54, 1.807) is 24.3 Å². The molecule has 1 N–H and O–H groups in total. The number of ketones is 1. The number of rotatable bonds is 10. The van der Waals surface area contributed by atoms with Crippen molar-refractivity contribution in [1.82, 2.24) is 9.88 Å². The van der Waals surface area contributed by atoms with Crippen LogP contribution in [0.4, 0.5) is 0 Å². The third-order valence-corrected chi connectivity index (χ3v) is 5.43. The number of hydrogen-bond acceptors (Lipinski definition) is 5. The minimum Gasteiger partial charge on any atom is -0.497 e. The number of nitrogens with one attached hydrogen (secondary N) is 1. The lowest BCUT2D eigenvalue weighted by atomic mass is 10.1. The Morgan fingerprint density at radius 1 is 0.970 bits per heavy atom. The van der Waals surface area contributed by atoms with E-state index in [1.807, 2.05) is 38.1 Å². The topological polar surface area (TPSA) is 86.6 Å². The summed E-state index contributed by atoms with van der Waals surface area (Å²) in [7, 11) is 1.51. The molecule has 1 amide bonds. The van der Waals surface area contributed by atoms with Crippen molar-refractivity contribution in [2.24, 2.45) is 0 Å². The minimum absolute atomic E-state index is 0.276. The zero-order chi connectivity index (χ0) is 23.8. The first-order chi connectivity index (χ1) is 15.9. The zero-order valence-corrected chi connectivity index (χ0v) is 19.1. The SMILES string of the molecule is COc1cccc(C(=O)NCC(=O)OCC(=O)c2cc(C)n(CCc3ccccc3)c2C)c1. The summed E-state index contributed by atoms with van der Waals surface area (Å²) in [5.41, 5.74) is 3.94.